The third-order valence-corrected chi connectivity index (χ3v) is 5.88. The second kappa shape index (κ2) is 7.39. The van der Waals surface area contributed by atoms with Crippen molar-refractivity contribution < 1.29 is 19.1 Å². The van der Waals surface area contributed by atoms with E-state index in [0.717, 1.165) is 18.6 Å². The monoisotopic (exact) mass is 383 g/mol. The van der Waals surface area contributed by atoms with E-state index in [1.165, 1.54) is 0 Å². The molecule has 0 aliphatic carbocycles. The Morgan fingerprint density at radius 3 is 2.61 bits per heavy atom. The molecule has 2 saturated heterocycles. The molecule has 4 heterocycles. The molecule has 2 aliphatic heterocycles. The second-order valence-corrected chi connectivity index (χ2v) is 7.99. The summed E-state index contributed by atoms with van der Waals surface area (Å²) in [6, 6.07) is 6.98. The first-order valence-corrected chi connectivity index (χ1v) is 9.69. The highest BCUT2D eigenvalue weighted by Gasteiger charge is 2.43. The van der Waals surface area contributed by atoms with Crippen molar-refractivity contribution in [2.45, 2.75) is 32.3 Å². The molecule has 2 aromatic rings. The first kappa shape index (κ1) is 18.7. The van der Waals surface area contributed by atoms with E-state index in [-0.39, 0.29) is 17.2 Å². The van der Waals surface area contributed by atoms with Crippen LogP contribution in [0.2, 0.25) is 0 Å². The predicted molar refractivity (Wildman–Crippen MR) is 102 cm³/mol. The number of carbonyl (C=O) groups is 2. The molecular formula is C21H25N3O4. The topological polar surface area (TPSA) is 86.9 Å². The normalized spacial score (nSPS) is 21.7. The third-order valence-electron chi connectivity index (χ3n) is 5.88. The zero-order valence-corrected chi connectivity index (χ0v) is 16.0. The maximum Gasteiger partial charge on any atom is 0.289 e. The van der Waals surface area contributed by atoms with Gasteiger partial charge in [-0.15, -0.1) is 0 Å². The van der Waals surface area contributed by atoms with E-state index < -0.39 is 6.10 Å². The molecule has 7 heteroatoms. The summed E-state index contributed by atoms with van der Waals surface area (Å²) in [7, 11) is 0. The lowest BCUT2D eigenvalue weighted by molar-refractivity contribution is -0.0302. The number of pyridine rings is 1. The van der Waals surface area contributed by atoms with Crippen LogP contribution in [-0.4, -0.2) is 64.0 Å². The van der Waals surface area contributed by atoms with Crippen LogP contribution in [0, 0.1) is 12.3 Å². The lowest BCUT2D eigenvalue weighted by Crippen LogP contribution is -2.55. The number of amides is 2. The van der Waals surface area contributed by atoms with Crippen molar-refractivity contribution in [1.82, 2.24) is 14.8 Å². The van der Waals surface area contributed by atoms with Crippen molar-refractivity contribution in [2.75, 3.05) is 26.2 Å². The van der Waals surface area contributed by atoms with Crippen molar-refractivity contribution >= 4 is 11.8 Å². The molecule has 1 N–H and O–H groups in total. The first-order chi connectivity index (χ1) is 13.5. The maximum atomic E-state index is 12.8. The van der Waals surface area contributed by atoms with Crippen molar-refractivity contribution in [3.05, 3.63) is 53.7 Å². The van der Waals surface area contributed by atoms with Crippen molar-refractivity contribution in [3.8, 4) is 0 Å². The number of hydrogen-bond acceptors (Lipinski definition) is 5. The molecule has 0 radical (unpaired) electrons. The van der Waals surface area contributed by atoms with Gasteiger partial charge in [-0.05, 0) is 55.9 Å². The number of piperidine rings is 2. The molecule has 0 saturated carbocycles. The van der Waals surface area contributed by atoms with Crippen molar-refractivity contribution in [1.29, 1.82) is 0 Å². The Balaban J connectivity index is 1.44. The Bertz CT molecular complexity index is 856. The molecule has 0 aromatic carbocycles. The number of aliphatic hydroxyl groups excluding tert-OH is 1. The summed E-state index contributed by atoms with van der Waals surface area (Å²) in [5.74, 6) is 0.890. The summed E-state index contributed by atoms with van der Waals surface area (Å²) in [4.78, 5) is 33.0. The van der Waals surface area contributed by atoms with Gasteiger partial charge in [0.05, 0.1) is 11.7 Å². The van der Waals surface area contributed by atoms with Gasteiger partial charge in [0, 0.05) is 38.6 Å². The number of nitrogens with zero attached hydrogens (tertiary/aromatic N) is 3. The molecule has 7 nitrogen and oxygen atoms in total. The summed E-state index contributed by atoms with van der Waals surface area (Å²) < 4.78 is 5.46. The predicted octanol–water partition coefficient (Wildman–Crippen LogP) is 2.11. The molecule has 4 rings (SSSR count). The van der Waals surface area contributed by atoms with Gasteiger partial charge in [0.1, 0.15) is 5.76 Å². The molecule has 1 atom stereocenters. The molecule has 2 amide bonds. The Hall–Kier alpha value is -2.67. The molecule has 2 aliphatic rings. The van der Waals surface area contributed by atoms with Crippen LogP contribution < -0.4 is 0 Å². The van der Waals surface area contributed by atoms with Gasteiger partial charge in [-0.1, -0.05) is 0 Å². The number of aliphatic hydroxyl groups is 1. The van der Waals surface area contributed by atoms with Gasteiger partial charge >= 0.3 is 0 Å². The lowest BCUT2D eigenvalue weighted by atomic mass is 9.71. The minimum atomic E-state index is -0.552. The van der Waals surface area contributed by atoms with Gasteiger partial charge in [-0.25, -0.2) is 0 Å². The number of β-amino-alcohol motifs (C(OH)–C–C–N with tert-alkyl or cyclic N) is 1. The van der Waals surface area contributed by atoms with Gasteiger partial charge in [-0.3, -0.25) is 14.6 Å². The molecule has 1 unspecified atom stereocenters. The van der Waals surface area contributed by atoms with E-state index in [9.17, 15) is 14.7 Å². The lowest BCUT2D eigenvalue weighted by Gasteiger charge is -2.49. The SMILES string of the molecule is Cc1ccc(C(=O)N2CCC3(CC2)CC(O)CN(C(=O)c2cccnc2)C3)o1. The number of rotatable bonds is 2. The van der Waals surface area contributed by atoms with Crippen LogP contribution in [0.4, 0.5) is 0 Å². The van der Waals surface area contributed by atoms with Gasteiger partial charge in [0.15, 0.2) is 5.76 Å². The Labute approximate surface area is 164 Å². The van der Waals surface area contributed by atoms with E-state index in [1.54, 1.807) is 46.5 Å². The third kappa shape index (κ3) is 3.67. The zero-order valence-electron chi connectivity index (χ0n) is 16.0. The summed E-state index contributed by atoms with van der Waals surface area (Å²) in [6.07, 6.45) is 4.81. The number of aromatic nitrogens is 1. The average molecular weight is 383 g/mol. The minimum Gasteiger partial charge on any atom is -0.456 e. The molecule has 2 fully saturated rings. The number of hydrogen-bond donors (Lipinski definition) is 1. The first-order valence-electron chi connectivity index (χ1n) is 9.69. The van der Waals surface area contributed by atoms with Crippen molar-refractivity contribution in [3.63, 3.8) is 0 Å². The smallest absolute Gasteiger partial charge is 0.289 e. The van der Waals surface area contributed by atoms with E-state index in [2.05, 4.69) is 4.98 Å². The van der Waals surface area contributed by atoms with E-state index in [4.69, 9.17) is 4.42 Å². The van der Waals surface area contributed by atoms with Crippen molar-refractivity contribution in [2.24, 2.45) is 5.41 Å². The Morgan fingerprint density at radius 2 is 1.96 bits per heavy atom. The van der Waals surface area contributed by atoms with E-state index >= 15 is 0 Å². The Kier molecular flexibility index (Phi) is 4.93. The van der Waals surface area contributed by atoms with Crippen LogP contribution in [0.25, 0.3) is 0 Å². The molecule has 148 valence electrons. The summed E-state index contributed by atoms with van der Waals surface area (Å²) in [5.41, 5.74) is 0.373. The highest BCUT2D eigenvalue weighted by atomic mass is 16.3. The summed E-state index contributed by atoms with van der Waals surface area (Å²) in [5, 5.41) is 10.4. The molecule has 0 bridgehead atoms. The largest absolute Gasteiger partial charge is 0.456 e. The van der Waals surface area contributed by atoms with Crippen LogP contribution >= 0.6 is 0 Å². The zero-order chi connectivity index (χ0) is 19.7. The van der Waals surface area contributed by atoms with Crippen LogP contribution in [0.1, 0.15) is 45.9 Å². The fourth-order valence-corrected chi connectivity index (χ4v) is 4.43. The molecule has 2 aromatic heterocycles. The fourth-order valence-electron chi connectivity index (χ4n) is 4.43. The van der Waals surface area contributed by atoms with Crippen LogP contribution in [0.3, 0.4) is 0 Å². The van der Waals surface area contributed by atoms with E-state index in [0.29, 0.717) is 43.9 Å². The quantitative estimate of drug-likeness (QED) is 0.858. The molecular weight excluding hydrogens is 358 g/mol. The summed E-state index contributed by atoms with van der Waals surface area (Å²) >= 11 is 0. The summed E-state index contributed by atoms with van der Waals surface area (Å²) in [6.45, 7) is 3.95. The number of aryl methyl sites for hydroxylation is 1. The van der Waals surface area contributed by atoms with Gasteiger partial charge in [-0.2, -0.15) is 0 Å². The fraction of sp³-hybridized carbons (Fsp3) is 0.476. The van der Waals surface area contributed by atoms with Gasteiger partial charge in [0.25, 0.3) is 11.8 Å². The number of furan rings is 1. The van der Waals surface area contributed by atoms with E-state index in [1.807, 2.05) is 6.92 Å². The standard InChI is InChI=1S/C21H25N3O4/c1-15-4-5-18(28-15)20(27)23-9-6-21(7-10-23)11-17(25)13-24(14-21)19(26)16-3-2-8-22-12-16/h2-5,8,12,17,25H,6-7,9-11,13-14H2,1H3. The maximum absolute atomic E-state index is 12.8. The number of carbonyl (C=O) groups excluding carboxylic acids is 2. The molecule has 1 spiro atoms. The van der Waals surface area contributed by atoms with Crippen LogP contribution in [0.5, 0.6) is 0 Å². The van der Waals surface area contributed by atoms with Crippen LogP contribution in [-0.2, 0) is 0 Å². The number of likely N-dealkylation sites (tertiary alicyclic amines) is 2. The van der Waals surface area contributed by atoms with Gasteiger partial charge in [0.2, 0.25) is 0 Å². The highest BCUT2D eigenvalue weighted by molar-refractivity contribution is 5.94. The van der Waals surface area contributed by atoms with Crippen LogP contribution in [0.15, 0.2) is 41.1 Å². The minimum absolute atomic E-state index is 0.0948. The second-order valence-electron chi connectivity index (χ2n) is 7.99. The molecule has 28 heavy (non-hydrogen) atoms. The Morgan fingerprint density at radius 1 is 1.18 bits per heavy atom. The average Bonchev–Trinajstić information content (AvgIpc) is 3.14. The highest BCUT2D eigenvalue weighted by Crippen LogP contribution is 2.40. The van der Waals surface area contributed by atoms with Gasteiger partial charge < -0.3 is 19.3 Å².